The average molecular weight is 364 g/mol. The normalized spacial score (nSPS) is 10.1. The number of carbonyl (C=O) groups is 2. The van der Waals surface area contributed by atoms with Crippen molar-refractivity contribution in [1.29, 1.82) is 0 Å². The Labute approximate surface area is 148 Å². The van der Waals surface area contributed by atoms with Crippen molar-refractivity contribution in [3.05, 3.63) is 53.7 Å². The summed E-state index contributed by atoms with van der Waals surface area (Å²) in [6, 6.07) is 5.71. The number of aromatic nitrogens is 1. The third-order valence-corrected chi connectivity index (χ3v) is 3.17. The van der Waals surface area contributed by atoms with Crippen molar-refractivity contribution < 1.29 is 23.1 Å². The summed E-state index contributed by atoms with van der Waals surface area (Å²) >= 11 is 0. The molecule has 138 valence electrons. The van der Waals surface area contributed by atoms with E-state index in [0.29, 0.717) is 12.2 Å². The third kappa shape index (κ3) is 6.00. The summed E-state index contributed by atoms with van der Waals surface area (Å²) in [4.78, 5) is 27.0. The summed E-state index contributed by atoms with van der Waals surface area (Å²) in [6.07, 6.45) is 1.38. The number of nitrogens with one attached hydrogen (secondary N) is 3. The van der Waals surface area contributed by atoms with Crippen molar-refractivity contribution in [2.24, 2.45) is 0 Å². The number of amides is 3. The number of nitrogens with zero attached hydrogens (tertiary/aromatic N) is 1. The van der Waals surface area contributed by atoms with Gasteiger partial charge in [0.2, 0.25) is 5.88 Å². The largest absolute Gasteiger partial charge is 0.468 e. The Morgan fingerprint density at radius 3 is 2.65 bits per heavy atom. The van der Waals surface area contributed by atoms with Crippen LogP contribution in [0.5, 0.6) is 5.88 Å². The van der Waals surface area contributed by atoms with Gasteiger partial charge in [-0.25, -0.2) is 18.6 Å². The molecule has 9 heteroatoms. The summed E-state index contributed by atoms with van der Waals surface area (Å²) in [5, 5.41) is 7.57. The van der Waals surface area contributed by atoms with Crippen LogP contribution in [0.2, 0.25) is 0 Å². The Bertz CT molecular complexity index is 769. The molecule has 7 nitrogen and oxygen atoms in total. The number of carbonyl (C=O) groups excluding carboxylic acids is 2. The van der Waals surface area contributed by atoms with E-state index < -0.39 is 17.5 Å². The number of pyridine rings is 1. The van der Waals surface area contributed by atoms with Gasteiger partial charge in [-0.3, -0.25) is 4.79 Å². The zero-order valence-corrected chi connectivity index (χ0v) is 14.0. The first-order valence-electron chi connectivity index (χ1n) is 7.82. The molecule has 0 saturated heterocycles. The molecule has 0 unspecified atom stereocenters. The van der Waals surface area contributed by atoms with Crippen LogP contribution < -0.4 is 20.7 Å². The highest BCUT2D eigenvalue weighted by Gasteiger charge is 2.08. The number of benzene rings is 1. The lowest BCUT2D eigenvalue weighted by Gasteiger charge is -2.09. The quantitative estimate of drug-likeness (QED) is 0.702. The first-order chi connectivity index (χ1) is 12.5. The van der Waals surface area contributed by atoms with Gasteiger partial charge in [-0.05, 0) is 31.2 Å². The van der Waals surface area contributed by atoms with E-state index in [4.69, 9.17) is 4.74 Å². The third-order valence-electron chi connectivity index (χ3n) is 3.17. The van der Waals surface area contributed by atoms with Crippen LogP contribution in [0.3, 0.4) is 0 Å². The summed E-state index contributed by atoms with van der Waals surface area (Å²) in [5.74, 6) is -1.53. The minimum Gasteiger partial charge on any atom is -0.468 e. The van der Waals surface area contributed by atoms with Gasteiger partial charge >= 0.3 is 6.03 Å². The number of urea groups is 1. The summed E-state index contributed by atoms with van der Waals surface area (Å²) < 4.78 is 31.7. The molecular formula is C17H18F2N4O3. The predicted molar refractivity (Wildman–Crippen MR) is 90.6 cm³/mol. The lowest BCUT2D eigenvalue weighted by atomic mass is 10.2. The maximum atomic E-state index is 13.5. The molecule has 0 fully saturated rings. The molecule has 0 radical (unpaired) electrons. The van der Waals surface area contributed by atoms with Gasteiger partial charge in [-0.2, -0.15) is 0 Å². The topological polar surface area (TPSA) is 92.4 Å². The van der Waals surface area contributed by atoms with Crippen LogP contribution in [0.25, 0.3) is 0 Å². The SMILES string of the molecule is CCNC(=O)Nc1ccc(OCC(=O)NCc2cc(F)ccc2F)nc1. The van der Waals surface area contributed by atoms with Gasteiger partial charge < -0.3 is 20.7 Å². The monoisotopic (exact) mass is 364 g/mol. The second-order valence-corrected chi connectivity index (χ2v) is 5.17. The van der Waals surface area contributed by atoms with Gasteiger partial charge in [-0.15, -0.1) is 0 Å². The fraction of sp³-hybridized carbons (Fsp3) is 0.235. The zero-order valence-electron chi connectivity index (χ0n) is 14.0. The van der Waals surface area contributed by atoms with Crippen LogP contribution in [-0.4, -0.2) is 30.1 Å². The predicted octanol–water partition coefficient (Wildman–Crippen LogP) is 2.20. The van der Waals surface area contributed by atoms with Crippen LogP contribution in [0.1, 0.15) is 12.5 Å². The van der Waals surface area contributed by atoms with Crippen LogP contribution in [0.4, 0.5) is 19.3 Å². The van der Waals surface area contributed by atoms with Gasteiger partial charge in [0.15, 0.2) is 6.61 Å². The van der Waals surface area contributed by atoms with Gasteiger partial charge in [0.1, 0.15) is 11.6 Å². The maximum absolute atomic E-state index is 13.5. The highest BCUT2D eigenvalue weighted by atomic mass is 19.1. The van der Waals surface area contributed by atoms with Crippen LogP contribution >= 0.6 is 0 Å². The molecule has 0 aliphatic heterocycles. The smallest absolute Gasteiger partial charge is 0.319 e. The Hall–Kier alpha value is -3.23. The second kappa shape index (κ2) is 9.30. The fourth-order valence-electron chi connectivity index (χ4n) is 1.94. The Balaban J connectivity index is 1.78. The number of anilines is 1. The van der Waals surface area contributed by atoms with Crippen LogP contribution in [0.15, 0.2) is 36.5 Å². The standard InChI is InChI=1S/C17H18F2N4O3/c1-2-20-17(25)23-13-4-6-16(22-9-13)26-10-15(24)21-8-11-7-12(18)3-5-14(11)19/h3-7,9H,2,8,10H2,1H3,(H,21,24)(H2,20,23,25). The molecule has 1 aromatic carbocycles. The Morgan fingerprint density at radius 1 is 1.15 bits per heavy atom. The van der Waals surface area contributed by atoms with E-state index in [1.807, 2.05) is 0 Å². The summed E-state index contributed by atoms with van der Waals surface area (Å²) in [5.41, 5.74) is 0.506. The molecule has 0 bridgehead atoms. The molecule has 0 atom stereocenters. The van der Waals surface area contributed by atoms with E-state index in [9.17, 15) is 18.4 Å². The summed E-state index contributed by atoms with van der Waals surface area (Å²) in [6.45, 7) is 1.79. The Kier molecular flexibility index (Phi) is 6.84. The molecule has 0 aliphatic carbocycles. The van der Waals surface area contributed by atoms with Crippen molar-refractivity contribution in [3.8, 4) is 5.88 Å². The van der Waals surface area contributed by atoms with E-state index in [0.717, 1.165) is 18.2 Å². The molecule has 2 rings (SSSR count). The number of rotatable bonds is 7. The second-order valence-electron chi connectivity index (χ2n) is 5.17. The maximum Gasteiger partial charge on any atom is 0.319 e. The molecule has 3 N–H and O–H groups in total. The first kappa shape index (κ1) is 19.1. The van der Waals surface area contributed by atoms with E-state index in [1.54, 1.807) is 13.0 Å². The molecule has 1 heterocycles. The van der Waals surface area contributed by atoms with E-state index >= 15 is 0 Å². The average Bonchev–Trinajstić information content (AvgIpc) is 2.62. The highest BCUT2D eigenvalue weighted by molar-refractivity contribution is 5.88. The van der Waals surface area contributed by atoms with Gasteiger partial charge in [0, 0.05) is 24.7 Å². The van der Waals surface area contributed by atoms with E-state index in [2.05, 4.69) is 20.9 Å². The van der Waals surface area contributed by atoms with Gasteiger partial charge in [0.05, 0.1) is 11.9 Å². The first-order valence-corrected chi connectivity index (χ1v) is 7.82. The number of ether oxygens (including phenoxy) is 1. The van der Waals surface area contributed by atoms with Crippen molar-refractivity contribution in [3.63, 3.8) is 0 Å². The molecule has 0 saturated carbocycles. The Morgan fingerprint density at radius 2 is 1.96 bits per heavy atom. The minimum absolute atomic E-state index is 0.0391. The molecule has 1 aromatic heterocycles. The van der Waals surface area contributed by atoms with Gasteiger partial charge in [0.25, 0.3) is 5.91 Å². The highest BCUT2D eigenvalue weighted by Crippen LogP contribution is 2.12. The molecule has 2 aromatic rings. The van der Waals surface area contributed by atoms with Crippen molar-refractivity contribution in [1.82, 2.24) is 15.6 Å². The van der Waals surface area contributed by atoms with Crippen LogP contribution in [0, 0.1) is 11.6 Å². The number of hydrogen-bond acceptors (Lipinski definition) is 4. The van der Waals surface area contributed by atoms with Crippen LogP contribution in [-0.2, 0) is 11.3 Å². The van der Waals surface area contributed by atoms with Gasteiger partial charge in [-0.1, -0.05) is 0 Å². The van der Waals surface area contributed by atoms with Crippen molar-refractivity contribution in [2.75, 3.05) is 18.5 Å². The number of hydrogen-bond donors (Lipinski definition) is 3. The molecular weight excluding hydrogens is 346 g/mol. The zero-order chi connectivity index (χ0) is 18.9. The lowest BCUT2D eigenvalue weighted by Crippen LogP contribution is -2.29. The fourth-order valence-corrected chi connectivity index (χ4v) is 1.94. The van der Waals surface area contributed by atoms with E-state index in [1.165, 1.54) is 12.3 Å². The van der Waals surface area contributed by atoms with E-state index in [-0.39, 0.29) is 30.6 Å². The molecule has 0 aliphatic rings. The molecule has 0 spiro atoms. The number of halogens is 2. The summed E-state index contributed by atoms with van der Waals surface area (Å²) in [7, 11) is 0. The molecule has 3 amide bonds. The van der Waals surface area contributed by atoms with Crippen molar-refractivity contribution in [2.45, 2.75) is 13.5 Å². The minimum atomic E-state index is -0.607. The van der Waals surface area contributed by atoms with Crippen molar-refractivity contribution >= 4 is 17.6 Å². The molecule has 26 heavy (non-hydrogen) atoms. The lowest BCUT2D eigenvalue weighted by molar-refractivity contribution is -0.123.